The molecule has 0 aliphatic rings. The Morgan fingerprint density at radius 2 is 2.00 bits per heavy atom. The average molecular weight is 308 g/mol. The van der Waals surface area contributed by atoms with Crippen LogP contribution in [0, 0.1) is 12.8 Å². The first-order valence-corrected chi connectivity index (χ1v) is 7.79. The Morgan fingerprint density at radius 1 is 1.27 bits per heavy atom. The van der Waals surface area contributed by atoms with Crippen molar-refractivity contribution in [3.63, 3.8) is 0 Å². The third-order valence-electron chi connectivity index (χ3n) is 3.50. The molecule has 1 amide bonds. The van der Waals surface area contributed by atoms with E-state index in [2.05, 4.69) is 10.6 Å². The molecule has 0 heterocycles. The summed E-state index contributed by atoms with van der Waals surface area (Å²) in [6.45, 7) is 8.93. The van der Waals surface area contributed by atoms with Gasteiger partial charge in [0.2, 0.25) is 5.91 Å². The summed E-state index contributed by atoms with van der Waals surface area (Å²) in [5.74, 6) is -0.0534. The van der Waals surface area contributed by atoms with Crippen LogP contribution in [0.25, 0.3) is 0 Å². The summed E-state index contributed by atoms with van der Waals surface area (Å²) >= 11 is 0. The van der Waals surface area contributed by atoms with Crippen molar-refractivity contribution >= 4 is 11.6 Å². The van der Waals surface area contributed by atoms with Crippen LogP contribution in [0.2, 0.25) is 0 Å². The SMILES string of the molecule is CCOCCOCc1cccc(NC(=O)C(C)CNC)c1C. The number of benzene rings is 1. The van der Waals surface area contributed by atoms with Gasteiger partial charge in [0.25, 0.3) is 0 Å². The fourth-order valence-electron chi connectivity index (χ4n) is 2.07. The molecule has 0 radical (unpaired) electrons. The predicted molar refractivity (Wildman–Crippen MR) is 89.0 cm³/mol. The molecule has 0 aromatic heterocycles. The van der Waals surface area contributed by atoms with Crippen LogP contribution in [0.3, 0.4) is 0 Å². The standard InChI is InChI=1S/C17H28N2O3/c1-5-21-9-10-22-12-15-7-6-8-16(14(15)3)19-17(20)13(2)11-18-4/h6-8,13,18H,5,9-12H2,1-4H3,(H,19,20). The number of ether oxygens (including phenoxy) is 2. The molecule has 1 aromatic carbocycles. The van der Waals surface area contributed by atoms with Gasteiger partial charge >= 0.3 is 0 Å². The van der Waals surface area contributed by atoms with E-state index in [1.165, 1.54) is 0 Å². The molecule has 0 aliphatic carbocycles. The highest BCUT2D eigenvalue weighted by molar-refractivity contribution is 5.93. The normalized spacial score (nSPS) is 12.2. The lowest BCUT2D eigenvalue weighted by Crippen LogP contribution is -2.28. The highest BCUT2D eigenvalue weighted by atomic mass is 16.5. The third kappa shape index (κ3) is 6.13. The Morgan fingerprint density at radius 3 is 2.68 bits per heavy atom. The van der Waals surface area contributed by atoms with E-state index < -0.39 is 0 Å². The number of nitrogens with one attached hydrogen (secondary N) is 2. The van der Waals surface area contributed by atoms with E-state index in [9.17, 15) is 4.79 Å². The molecule has 1 atom stereocenters. The largest absolute Gasteiger partial charge is 0.379 e. The third-order valence-corrected chi connectivity index (χ3v) is 3.50. The zero-order valence-electron chi connectivity index (χ0n) is 14.1. The summed E-state index contributed by atoms with van der Waals surface area (Å²) in [6.07, 6.45) is 0. The minimum atomic E-state index is -0.0736. The molecule has 0 bridgehead atoms. The molecule has 0 spiro atoms. The van der Waals surface area contributed by atoms with Gasteiger partial charge in [0, 0.05) is 24.8 Å². The van der Waals surface area contributed by atoms with Crippen LogP contribution in [0.4, 0.5) is 5.69 Å². The molecule has 0 saturated carbocycles. The number of anilines is 1. The van der Waals surface area contributed by atoms with Crippen LogP contribution >= 0.6 is 0 Å². The van der Waals surface area contributed by atoms with Crippen molar-refractivity contribution in [3.05, 3.63) is 29.3 Å². The Hall–Kier alpha value is -1.43. The molecular formula is C17H28N2O3. The van der Waals surface area contributed by atoms with Crippen LogP contribution in [0.15, 0.2) is 18.2 Å². The smallest absolute Gasteiger partial charge is 0.228 e. The highest BCUT2D eigenvalue weighted by Crippen LogP contribution is 2.20. The fourth-order valence-corrected chi connectivity index (χ4v) is 2.07. The van der Waals surface area contributed by atoms with Gasteiger partial charge in [0.1, 0.15) is 0 Å². The summed E-state index contributed by atoms with van der Waals surface area (Å²) in [6, 6.07) is 5.87. The van der Waals surface area contributed by atoms with E-state index in [-0.39, 0.29) is 11.8 Å². The minimum absolute atomic E-state index is 0.0202. The molecule has 1 unspecified atom stereocenters. The van der Waals surface area contributed by atoms with E-state index in [1.807, 2.05) is 46.0 Å². The Bertz CT molecular complexity index is 463. The number of carbonyl (C=O) groups is 1. The molecule has 5 nitrogen and oxygen atoms in total. The Labute approximate surface area is 133 Å². The Kier molecular flexibility index (Phi) is 8.74. The topological polar surface area (TPSA) is 59.6 Å². The number of amides is 1. The van der Waals surface area contributed by atoms with Crippen molar-refractivity contribution in [1.82, 2.24) is 5.32 Å². The second-order valence-corrected chi connectivity index (χ2v) is 5.29. The van der Waals surface area contributed by atoms with Crippen molar-refractivity contribution in [2.24, 2.45) is 5.92 Å². The van der Waals surface area contributed by atoms with Gasteiger partial charge in [0.05, 0.1) is 19.8 Å². The van der Waals surface area contributed by atoms with Crippen LogP contribution in [0.1, 0.15) is 25.0 Å². The van der Waals surface area contributed by atoms with Gasteiger partial charge in [-0.2, -0.15) is 0 Å². The average Bonchev–Trinajstić information content (AvgIpc) is 2.50. The van der Waals surface area contributed by atoms with Gasteiger partial charge in [-0.05, 0) is 38.1 Å². The van der Waals surface area contributed by atoms with E-state index in [0.29, 0.717) is 33.0 Å². The molecule has 1 aromatic rings. The summed E-state index contributed by atoms with van der Waals surface area (Å²) in [7, 11) is 1.84. The zero-order chi connectivity index (χ0) is 16.4. The molecule has 0 saturated heterocycles. The summed E-state index contributed by atoms with van der Waals surface area (Å²) in [5, 5.41) is 6.00. The molecule has 2 N–H and O–H groups in total. The molecule has 0 aliphatic heterocycles. The second kappa shape index (κ2) is 10.3. The maximum atomic E-state index is 12.1. The number of hydrogen-bond donors (Lipinski definition) is 2. The monoisotopic (exact) mass is 308 g/mol. The molecule has 5 heteroatoms. The molecule has 1 rings (SSSR count). The van der Waals surface area contributed by atoms with Gasteiger partial charge in [-0.15, -0.1) is 0 Å². The Balaban J connectivity index is 2.58. The maximum Gasteiger partial charge on any atom is 0.228 e. The van der Waals surface area contributed by atoms with Crippen LogP contribution in [-0.2, 0) is 20.9 Å². The summed E-state index contributed by atoms with van der Waals surface area (Å²) in [4.78, 5) is 12.1. The maximum absolute atomic E-state index is 12.1. The molecule has 0 fully saturated rings. The number of carbonyl (C=O) groups excluding carboxylic acids is 1. The lowest BCUT2D eigenvalue weighted by molar-refractivity contribution is -0.119. The summed E-state index contributed by atoms with van der Waals surface area (Å²) < 4.78 is 10.8. The van der Waals surface area contributed by atoms with Crippen molar-refractivity contribution in [2.45, 2.75) is 27.4 Å². The summed E-state index contributed by atoms with van der Waals surface area (Å²) in [5.41, 5.74) is 2.97. The lowest BCUT2D eigenvalue weighted by Gasteiger charge is -2.15. The minimum Gasteiger partial charge on any atom is -0.379 e. The zero-order valence-corrected chi connectivity index (χ0v) is 14.1. The molecule has 22 heavy (non-hydrogen) atoms. The first kappa shape index (κ1) is 18.6. The van der Waals surface area contributed by atoms with Crippen molar-refractivity contribution in [3.8, 4) is 0 Å². The van der Waals surface area contributed by atoms with Crippen LogP contribution in [0.5, 0.6) is 0 Å². The van der Waals surface area contributed by atoms with Crippen molar-refractivity contribution in [2.75, 3.05) is 38.7 Å². The van der Waals surface area contributed by atoms with Crippen molar-refractivity contribution < 1.29 is 14.3 Å². The second-order valence-electron chi connectivity index (χ2n) is 5.29. The van der Waals surface area contributed by atoms with Crippen molar-refractivity contribution in [1.29, 1.82) is 0 Å². The fraction of sp³-hybridized carbons (Fsp3) is 0.588. The quantitative estimate of drug-likeness (QED) is 0.651. The first-order chi connectivity index (χ1) is 10.6. The highest BCUT2D eigenvalue weighted by Gasteiger charge is 2.13. The number of rotatable bonds is 10. The van der Waals surface area contributed by atoms with Gasteiger partial charge in [-0.25, -0.2) is 0 Å². The molecule has 124 valence electrons. The van der Waals surface area contributed by atoms with Crippen LogP contribution in [-0.4, -0.2) is 39.3 Å². The van der Waals surface area contributed by atoms with Gasteiger partial charge in [-0.3, -0.25) is 4.79 Å². The molecular weight excluding hydrogens is 280 g/mol. The van der Waals surface area contributed by atoms with E-state index in [4.69, 9.17) is 9.47 Å². The predicted octanol–water partition coefficient (Wildman–Crippen LogP) is 2.34. The van der Waals surface area contributed by atoms with Gasteiger partial charge < -0.3 is 20.1 Å². The lowest BCUT2D eigenvalue weighted by atomic mass is 10.1. The van der Waals surface area contributed by atoms with E-state index in [0.717, 1.165) is 16.8 Å². The van der Waals surface area contributed by atoms with Gasteiger partial charge in [-0.1, -0.05) is 19.1 Å². The number of hydrogen-bond acceptors (Lipinski definition) is 4. The van der Waals surface area contributed by atoms with Crippen LogP contribution < -0.4 is 10.6 Å². The first-order valence-electron chi connectivity index (χ1n) is 7.79. The van der Waals surface area contributed by atoms with E-state index >= 15 is 0 Å². The van der Waals surface area contributed by atoms with E-state index in [1.54, 1.807) is 0 Å². The van der Waals surface area contributed by atoms with Gasteiger partial charge in [0.15, 0.2) is 0 Å².